The number of furan rings is 1. The second-order valence-corrected chi connectivity index (χ2v) is 5.87. The molecule has 1 fully saturated rings. The van der Waals surface area contributed by atoms with Gasteiger partial charge in [0, 0.05) is 19.7 Å². The molecule has 2 aromatic heterocycles. The van der Waals surface area contributed by atoms with Gasteiger partial charge < -0.3 is 29.4 Å². The van der Waals surface area contributed by atoms with Crippen molar-refractivity contribution in [3.8, 4) is 0 Å². The summed E-state index contributed by atoms with van der Waals surface area (Å²) in [5.41, 5.74) is -0.0629. The highest BCUT2D eigenvalue weighted by Crippen LogP contribution is 2.44. The standard InChI is InChI=1S/C14H19N3O5/c1-14(20)11(19)8(4-18)22-12(14)7-5-21-10-9(7)15-6-16-13(10)17(2)3/h5-6,8,11-12,18-20H,4H2,1-3H3/t8-,11-,12+,14-/m1/s1. The largest absolute Gasteiger partial charge is 0.458 e. The number of rotatable bonds is 3. The maximum Gasteiger partial charge on any atom is 0.195 e. The molecule has 3 heterocycles. The lowest BCUT2D eigenvalue weighted by atomic mass is 9.89. The maximum absolute atomic E-state index is 10.6. The smallest absolute Gasteiger partial charge is 0.195 e. The lowest BCUT2D eigenvalue weighted by Gasteiger charge is -2.25. The van der Waals surface area contributed by atoms with E-state index in [4.69, 9.17) is 9.15 Å². The van der Waals surface area contributed by atoms with Gasteiger partial charge in [0.2, 0.25) is 0 Å². The quantitative estimate of drug-likeness (QED) is 0.716. The Labute approximate surface area is 127 Å². The zero-order valence-electron chi connectivity index (χ0n) is 12.6. The van der Waals surface area contributed by atoms with Crippen LogP contribution in [0.25, 0.3) is 11.1 Å². The molecule has 3 rings (SSSR count). The molecule has 3 N–H and O–H groups in total. The van der Waals surface area contributed by atoms with E-state index < -0.39 is 23.9 Å². The van der Waals surface area contributed by atoms with Crippen molar-refractivity contribution in [3.63, 3.8) is 0 Å². The van der Waals surface area contributed by atoms with Crippen LogP contribution in [0.4, 0.5) is 5.82 Å². The van der Waals surface area contributed by atoms with Crippen molar-refractivity contribution in [1.82, 2.24) is 9.97 Å². The second-order valence-electron chi connectivity index (χ2n) is 5.87. The number of ether oxygens (including phenoxy) is 1. The van der Waals surface area contributed by atoms with E-state index >= 15 is 0 Å². The molecule has 0 spiro atoms. The molecule has 8 nitrogen and oxygen atoms in total. The molecule has 1 aliphatic heterocycles. The molecule has 1 saturated heterocycles. The fourth-order valence-corrected chi connectivity index (χ4v) is 2.81. The number of nitrogens with zero attached hydrogens (tertiary/aromatic N) is 3. The summed E-state index contributed by atoms with van der Waals surface area (Å²) >= 11 is 0. The zero-order chi connectivity index (χ0) is 16.1. The Balaban J connectivity index is 2.10. The molecule has 0 radical (unpaired) electrons. The molecule has 120 valence electrons. The predicted molar refractivity (Wildman–Crippen MR) is 77.5 cm³/mol. The van der Waals surface area contributed by atoms with E-state index in [0.29, 0.717) is 22.5 Å². The van der Waals surface area contributed by atoms with Gasteiger partial charge >= 0.3 is 0 Å². The lowest BCUT2D eigenvalue weighted by molar-refractivity contribution is -0.0643. The molecular weight excluding hydrogens is 290 g/mol. The number of anilines is 1. The number of aliphatic hydroxyl groups is 3. The van der Waals surface area contributed by atoms with Crippen LogP contribution in [0.1, 0.15) is 18.6 Å². The van der Waals surface area contributed by atoms with Crippen molar-refractivity contribution in [3.05, 3.63) is 18.2 Å². The molecule has 4 atom stereocenters. The second kappa shape index (κ2) is 5.17. The van der Waals surface area contributed by atoms with Gasteiger partial charge in [-0.3, -0.25) is 0 Å². The van der Waals surface area contributed by atoms with Crippen molar-refractivity contribution in [2.45, 2.75) is 30.8 Å². The van der Waals surface area contributed by atoms with Gasteiger partial charge in [0.05, 0.1) is 12.9 Å². The van der Waals surface area contributed by atoms with Crippen LogP contribution in [-0.4, -0.2) is 63.8 Å². The summed E-state index contributed by atoms with van der Waals surface area (Å²) < 4.78 is 11.2. The average Bonchev–Trinajstić information content (AvgIpc) is 2.99. The van der Waals surface area contributed by atoms with Gasteiger partial charge in [0.1, 0.15) is 35.8 Å². The summed E-state index contributed by atoms with van der Waals surface area (Å²) in [5, 5.41) is 29.9. The van der Waals surface area contributed by atoms with Crippen LogP contribution in [-0.2, 0) is 4.74 Å². The van der Waals surface area contributed by atoms with Crippen molar-refractivity contribution in [2.24, 2.45) is 0 Å². The minimum Gasteiger partial charge on any atom is -0.458 e. The third kappa shape index (κ3) is 2.07. The summed E-state index contributed by atoms with van der Waals surface area (Å²) in [7, 11) is 3.66. The Kier molecular flexibility index (Phi) is 3.56. The van der Waals surface area contributed by atoms with Crippen LogP contribution >= 0.6 is 0 Å². The fourth-order valence-electron chi connectivity index (χ4n) is 2.81. The topological polar surface area (TPSA) is 112 Å². The highest BCUT2D eigenvalue weighted by molar-refractivity contribution is 5.86. The first-order valence-electron chi connectivity index (χ1n) is 6.94. The molecule has 0 unspecified atom stereocenters. The van der Waals surface area contributed by atoms with Crippen LogP contribution in [0.15, 0.2) is 17.0 Å². The van der Waals surface area contributed by atoms with Crippen LogP contribution in [0.2, 0.25) is 0 Å². The Morgan fingerprint density at radius 3 is 2.68 bits per heavy atom. The average molecular weight is 309 g/mol. The maximum atomic E-state index is 10.6. The van der Waals surface area contributed by atoms with E-state index in [1.54, 1.807) is 4.90 Å². The summed E-state index contributed by atoms with van der Waals surface area (Å²) in [6.45, 7) is 1.08. The first kappa shape index (κ1) is 15.2. The van der Waals surface area contributed by atoms with E-state index in [-0.39, 0.29) is 6.61 Å². The summed E-state index contributed by atoms with van der Waals surface area (Å²) in [6, 6.07) is 0. The molecular formula is C14H19N3O5. The minimum atomic E-state index is -1.56. The number of fused-ring (bicyclic) bond motifs is 1. The molecule has 0 saturated carbocycles. The van der Waals surface area contributed by atoms with Crippen molar-refractivity contribution >= 4 is 16.9 Å². The van der Waals surface area contributed by atoms with Crippen LogP contribution < -0.4 is 4.90 Å². The van der Waals surface area contributed by atoms with Gasteiger partial charge in [-0.2, -0.15) is 0 Å². The van der Waals surface area contributed by atoms with E-state index in [2.05, 4.69) is 9.97 Å². The molecule has 0 bridgehead atoms. The predicted octanol–water partition coefficient (Wildman–Crippen LogP) is -0.167. The molecule has 0 amide bonds. The van der Waals surface area contributed by atoms with Crippen molar-refractivity contribution in [1.29, 1.82) is 0 Å². The molecule has 0 aromatic carbocycles. The zero-order valence-corrected chi connectivity index (χ0v) is 12.6. The summed E-state index contributed by atoms with van der Waals surface area (Å²) in [4.78, 5) is 10.1. The van der Waals surface area contributed by atoms with Crippen LogP contribution in [0.5, 0.6) is 0 Å². The van der Waals surface area contributed by atoms with Gasteiger partial charge in [-0.25, -0.2) is 9.97 Å². The van der Waals surface area contributed by atoms with Gasteiger partial charge in [0.25, 0.3) is 0 Å². The lowest BCUT2D eigenvalue weighted by Crippen LogP contribution is -2.42. The normalized spacial score (nSPS) is 31.8. The Morgan fingerprint density at radius 2 is 2.09 bits per heavy atom. The van der Waals surface area contributed by atoms with E-state index in [0.717, 1.165) is 0 Å². The van der Waals surface area contributed by atoms with Crippen molar-refractivity contribution < 1.29 is 24.5 Å². The third-order valence-corrected chi connectivity index (χ3v) is 4.04. The monoisotopic (exact) mass is 309 g/mol. The first-order valence-corrected chi connectivity index (χ1v) is 6.94. The van der Waals surface area contributed by atoms with Crippen LogP contribution in [0.3, 0.4) is 0 Å². The van der Waals surface area contributed by atoms with E-state index in [1.165, 1.54) is 19.5 Å². The highest BCUT2D eigenvalue weighted by Gasteiger charge is 2.53. The Bertz CT molecular complexity index is 684. The van der Waals surface area contributed by atoms with E-state index in [9.17, 15) is 15.3 Å². The third-order valence-electron chi connectivity index (χ3n) is 4.04. The number of hydrogen-bond acceptors (Lipinski definition) is 8. The molecule has 22 heavy (non-hydrogen) atoms. The molecule has 8 heteroatoms. The number of aromatic nitrogens is 2. The molecule has 2 aromatic rings. The summed E-state index contributed by atoms with van der Waals surface area (Å²) in [5.74, 6) is 0.605. The highest BCUT2D eigenvalue weighted by atomic mass is 16.6. The molecule has 0 aliphatic carbocycles. The minimum absolute atomic E-state index is 0.387. The first-order chi connectivity index (χ1) is 10.4. The Hall–Kier alpha value is -1.74. The Morgan fingerprint density at radius 1 is 1.36 bits per heavy atom. The number of hydrogen-bond donors (Lipinski definition) is 3. The van der Waals surface area contributed by atoms with Gasteiger partial charge in [-0.1, -0.05) is 0 Å². The van der Waals surface area contributed by atoms with Crippen LogP contribution in [0, 0.1) is 0 Å². The van der Waals surface area contributed by atoms with Crippen molar-refractivity contribution in [2.75, 3.05) is 25.6 Å². The van der Waals surface area contributed by atoms with Gasteiger partial charge in [0.15, 0.2) is 11.4 Å². The van der Waals surface area contributed by atoms with E-state index in [1.807, 2.05) is 14.1 Å². The SMILES string of the molecule is CN(C)c1ncnc2c([C@@H]3O[C@H](CO)[C@@H](O)[C@@]3(C)O)coc12. The number of aliphatic hydroxyl groups excluding tert-OH is 2. The van der Waals surface area contributed by atoms with Gasteiger partial charge in [-0.15, -0.1) is 0 Å². The fraction of sp³-hybridized carbons (Fsp3) is 0.571. The summed E-state index contributed by atoms with van der Waals surface area (Å²) in [6.07, 6.45) is -0.0772. The van der Waals surface area contributed by atoms with Gasteiger partial charge in [-0.05, 0) is 6.92 Å². The molecule has 1 aliphatic rings.